The topological polar surface area (TPSA) is 83.8 Å². The van der Waals surface area contributed by atoms with E-state index in [1.807, 2.05) is 12.1 Å². The number of carbonyl (C=O) groups excluding carboxylic acids is 1. The lowest BCUT2D eigenvalue weighted by atomic mass is 10.2. The maximum atomic E-state index is 11.1. The molecule has 0 fully saturated rings. The summed E-state index contributed by atoms with van der Waals surface area (Å²) in [5, 5.41) is 28.7. The van der Waals surface area contributed by atoms with Crippen LogP contribution in [0, 0.1) is 0 Å². The molecule has 0 heterocycles. The summed E-state index contributed by atoms with van der Waals surface area (Å²) in [7, 11) is 0. The molecule has 0 aliphatic rings. The van der Waals surface area contributed by atoms with Gasteiger partial charge in [-0.25, -0.2) is 0 Å². The quantitative estimate of drug-likeness (QED) is 0.270. The number of hydrogen-bond acceptors (Lipinski definition) is 4. The molecule has 0 saturated heterocycles. The van der Waals surface area contributed by atoms with Crippen LogP contribution >= 0.6 is 0 Å². The van der Waals surface area contributed by atoms with E-state index >= 15 is 0 Å². The summed E-state index contributed by atoms with van der Waals surface area (Å²) in [6, 6.07) is 17.7. The highest BCUT2D eigenvalue weighted by molar-refractivity contribution is 5.93. The fraction of sp³-hybridized carbons (Fsp3) is 0.552. The van der Waals surface area contributed by atoms with Gasteiger partial charge in [0.2, 0.25) is 0 Å². The molecule has 0 aliphatic carbocycles. The van der Waals surface area contributed by atoms with Gasteiger partial charge in [-0.2, -0.15) is 0 Å². The smallest absolute Gasteiger partial charge is 0.146 e. The summed E-state index contributed by atoms with van der Waals surface area (Å²) >= 11 is 0. The number of aliphatic hydroxyl groups is 2. The third kappa shape index (κ3) is 13.1. The molecule has 212 valence electrons. The lowest BCUT2D eigenvalue weighted by Crippen LogP contribution is -3.00. The van der Waals surface area contributed by atoms with Crippen LogP contribution in [0.15, 0.2) is 60.7 Å². The van der Waals surface area contributed by atoms with Crippen LogP contribution in [0.1, 0.15) is 41.5 Å². The van der Waals surface area contributed by atoms with Gasteiger partial charge in [-0.05, 0) is 65.8 Å². The van der Waals surface area contributed by atoms with Crippen molar-refractivity contribution in [2.24, 2.45) is 0 Å². The largest absolute Gasteiger partial charge is 1.00 e. The van der Waals surface area contributed by atoms with E-state index in [1.165, 1.54) is 0 Å². The highest BCUT2D eigenvalue weighted by Crippen LogP contribution is 2.23. The van der Waals surface area contributed by atoms with Gasteiger partial charge in [-0.1, -0.05) is 36.4 Å². The zero-order chi connectivity index (χ0) is 27.5. The van der Waals surface area contributed by atoms with E-state index < -0.39 is 6.09 Å². The Labute approximate surface area is 242 Å². The molecule has 37 heavy (non-hydrogen) atoms. The number of quaternary nitrogens is 2. The van der Waals surface area contributed by atoms with E-state index in [1.54, 1.807) is 48.5 Å². The van der Waals surface area contributed by atoms with Crippen molar-refractivity contribution in [2.75, 3.05) is 70.5 Å². The van der Waals surface area contributed by atoms with Gasteiger partial charge in [0.05, 0.1) is 52.5 Å². The fourth-order valence-corrected chi connectivity index (χ4v) is 4.23. The van der Waals surface area contributed by atoms with Crippen molar-refractivity contribution in [3.8, 4) is 0 Å². The van der Waals surface area contributed by atoms with E-state index in [9.17, 15) is 9.90 Å². The number of benzene rings is 2. The van der Waals surface area contributed by atoms with E-state index in [4.69, 9.17) is 10.2 Å². The first kappa shape index (κ1) is 37.4. The average Bonchev–Trinajstić information content (AvgIpc) is 2.92. The van der Waals surface area contributed by atoms with Crippen LogP contribution in [0.2, 0.25) is 0 Å². The number of aliphatic hydroxyl groups excluding tert-OH is 2. The Bertz CT molecular complexity index is 723. The van der Waals surface area contributed by atoms with E-state index in [-0.39, 0.29) is 24.0 Å². The molecular weight excluding hydrogens is 581 g/mol. The Morgan fingerprint density at radius 2 is 0.919 bits per heavy atom. The molecule has 1 amide bonds. The molecule has 2 N–H and O–H groups in total. The zero-order valence-corrected chi connectivity index (χ0v) is 25.9. The zero-order valence-electron chi connectivity index (χ0n) is 23.8. The SMILES string of the molecule is CC[N+](CC)(CC)CCO.CC[N+](CC)(CC)CCO.O=C([O-])N(c1ccccc1)c1ccccc1.[I-]. The maximum absolute atomic E-state index is 11.1. The Hall–Kier alpha value is -1.72. The summed E-state index contributed by atoms with van der Waals surface area (Å²) in [6.45, 7) is 22.3. The summed E-state index contributed by atoms with van der Waals surface area (Å²) in [4.78, 5) is 12.3. The van der Waals surface area contributed by atoms with Gasteiger partial charge < -0.3 is 53.1 Å². The number of anilines is 2. The van der Waals surface area contributed by atoms with Crippen LogP contribution in [-0.2, 0) is 0 Å². The van der Waals surface area contributed by atoms with Crippen LogP contribution in [0.5, 0.6) is 0 Å². The Balaban J connectivity index is 0. The van der Waals surface area contributed by atoms with E-state index in [2.05, 4.69) is 41.5 Å². The first-order chi connectivity index (χ1) is 17.3. The van der Waals surface area contributed by atoms with Gasteiger partial charge in [0.25, 0.3) is 0 Å². The molecule has 8 heteroatoms. The molecule has 0 bridgehead atoms. The van der Waals surface area contributed by atoms with E-state index in [0.717, 1.165) is 66.2 Å². The van der Waals surface area contributed by atoms with Gasteiger partial charge in [0.1, 0.15) is 19.2 Å². The van der Waals surface area contributed by atoms with Crippen molar-refractivity contribution in [3.05, 3.63) is 60.7 Å². The summed E-state index contributed by atoms with van der Waals surface area (Å²) in [5.41, 5.74) is 1.16. The Morgan fingerprint density at radius 3 is 1.08 bits per heavy atom. The number of carboxylic acid groups (broad SMARTS) is 1. The fourth-order valence-electron chi connectivity index (χ4n) is 4.23. The second-order valence-corrected chi connectivity index (χ2v) is 8.75. The number of carbonyl (C=O) groups is 1. The molecule has 2 aromatic rings. The van der Waals surface area contributed by atoms with Crippen LogP contribution in [0.4, 0.5) is 16.2 Å². The predicted octanol–water partition coefficient (Wildman–Crippen LogP) is 0.882. The molecule has 0 aromatic heterocycles. The molecule has 0 unspecified atom stereocenters. The first-order valence-corrected chi connectivity index (χ1v) is 13.3. The third-order valence-corrected chi connectivity index (χ3v) is 7.38. The Kier molecular flexibility index (Phi) is 21.5. The van der Waals surface area contributed by atoms with Crippen molar-refractivity contribution in [1.82, 2.24) is 0 Å². The van der Waals surface area contributed by atoms with E-state index in [0.29, 0.717) is 24.6 Å². The molecular formula is C29H50IN3O4. The molecule has 0 saturated carbocycles. The van der Waals surface area contributed by atoms with Crippen molar-refractivity contribution in [1.29, 1.82) is 0 Å². The molecule has 7 nitrogen and oxygen atoms in total. The summed E-state index contributed by atoms with van der Waals surface area (Å²) in [5.74, 6) is 0. The number of rotatable bonds is 12. The molecule has 0 radical (unpaired) electrons. The monoisotopic (exact) mass is 631 g/mol. The number of amides is 1. The van der Waals surface area contributed by atoms with Crippen molar-refractivity contribution in [2.45, 2.75) is 41.5 Å². The molecule has 2 aromatic carbocycles. The number of hydrogen-bond donors (Lipinski definition) is 2. The van der Waals surface area contributed by atoms with Gasteiger partial charge in [0, 0.05) is 11.4 Å². The normalized spacial score (nSPS) is 10.7. The number of likely N-dealkylation sites (N-methyl/N-ethyl adjacent to an activating group) is 2. The minimum absolute atomic E-state index is 0. The molecule has 0 aliphatic heterocycles. The minimum atomic E-state index is -1.24. The van der Waals surface area contributed by atoms with Crippen LogP contribution in [0.3, 0.4) is 0 Å². The van der Waals surface area contributed by atoms with Gasteiger partial charge in [-0.15, -0.1) is 0 Å². The lowest BCUT2D eigenvalue weighted by Gasteiger charge is -2.34. The Morgan fingerprint density at radius 1 is 0.649 bits per heavy atom. The highest BCUT2D eigenvalue weighted by atomic mass is 127. The molecule has 0 atom stereocenters. The van der Waals surface area contributed by atoms with Crippen molar-refractivity contribution in [3.63, 3.8) is 0 Å². The minimum Gasteiger partial charge on any atom is -1.00 e. The maximum Gasteiger partial charge on any atom is 0.146 e. The highest BCUT2D eigenvalue weighted by Gasteiger charge is 2.19. The van der Waals surface area contributed by atoms with Gasteiger partial charge >= 0.3 is 0 Å². The average molecular weight is 632 g/mol. The van der Waals surface area contributed by atoms with Crippen molar-refractivity contribution < 1.29 is 53.1 Å². The summed E-state index contributed by atoms with van der Waals surface area (Å²) < 4.78 is 2.10. The molecule has 0 spiro atoms. The van der Waals surface area contributed by atoms with Crippen LogP contribution in [-0.4, -0.2) is 90.8 Å². The van der Waals surface area contributed by atoms with Gasteiger partial charge in [-0.3, -0.25) is 4.90 Å². The second kappa shape index (κ2) is 21.2. The molecule has 2 rings (SSSR count). The third-order valence-electron chi connectivity index (χ3n) is 7.38. The standard InChI is InChI=1S/C13H11NO2.2C8H20NO.HI/c15-13(16)14(11-7-3-1-4-8-11)12-9-5-2-6-10-12;2*1-4-9(5-2,6-3)7-8-10;/h1-10H,(H,15,16);2*10H,4-8H2,1-3H3;1H/q;2*+1;/p-2. The lowest BCUT2D eigenvalue weighted by molar-refractivity contribution is -0.923. The van der Waals surface area contributed by atoms with Gasteiger partial charge in [0.15, 0.2) is 0 Å². The van der Waals surface area contributed by atoms with Crippen molar-refractivity contribution >= 4 is 17.5 Å². The first-order valence-electron chi connectivity index (χ1n) is 13.3. The second-order valence-electron chi connectivity index (χ2n) is 8.75. The predicted molar refractivity (Wildman–Crippen MR) is 148 cm³/mol. The summed E-state index contributed by atoms with van der Waals surface area (Å²) in [6.07, 6.45) is -1.24. The van der Waals surface area contributed by atoms with Crippen LogP contribution in [0.25, 0.3) is 0 Å². The number of para-hydroxylation sites is 2. The number of nitrogens with zero attached hydrogens (tertiary/aromatic N) is 3. The number of halogens is 1. The van der Waals surface area contributed by atoms with Crippen LogP contribution < -0.4 is 34.0 Å².